The van der Waals surface area contributed by atoms with Crippen LogP contribution in [0.15, 0.2) is 72.8 Å². The predicted octanol–water partition coefficient (Wildman–Crippen LogP) is 6.93. The Morgan fingerprint density at radius 2 is 1.65 bits per heavy atom. The molecule has 0 aliphatic carbocycles. The Morgan fingerprint density at radius 3 is 2.30 bits per heavy atom. The predicted molar refractivity (Wildman–Crippen MR) is 157 cm³/mol. The van der Waals surface area contributed by atoms with Gasteiger partial charge in [0.2, 0.25) is 0 Å². The summed E-state index contributed by atoms with van der Waals surface area (Å²) in [6, 6.07) is 14.9. The number of urea groups is 1. The van der Waals surface area contributed by atoms with Crippen molar-refractivity contribution in [1.29, 1.82) is 0 Å². The molecule has 40 heavy (non-hydrogen) atoms. The molecule has 1 N–H and O–H groups in total. The number of hydrogen-bond acceptors (Lipinski definition) is 5. The molecule has 4 amide bonds. The van der Waals surface area contributed by atoms with E-state index < -0.39 is 17.8 Å². The minimum absolute atomic E-state index is 0.185. The molecule has 1 aliphatic heterocycles. The second-order valence-electron chi connectivity index (χ2n) is 8.95. The van der Waals surface area contributed by atoms with Crippen LogP contribution in [0.5, 0.6) is 11.5 Å². The number of benzene rings is 3. The van der Waals surface area contributed by atoms with E-state index in [1.165, 1.54) is 6.08 Å². The third kappa shape index (κ3) is 6.38. The molecule has 1 aliphatic rings. The third-order valence-electron chi connectivity index (χ3n) is 6.20. The molecular formula is C31H28Cl2N2O5. The van der Waals surface area contributed by atoms with Crippen LogP contribution < -0.4 is 19.7 Å². The number of nitrogens with zero attached hydrogens (tertiary/aromatic N) is 1. The van der Waals surface area contributed by atoms with Gasteiger partial charge in [-0.2, -0.15) is 0 Å². The Bertz CT molecular complexity index is 1500. The lowest BCUT2D eigenvalue weighted by Gasteiger charge is -2.26. The van der Waals surface area contributed by atoms with Crippen LogP contribution in [0.3, 0.4) is 0 Å². The number of carbonyl (C=O) groups is 3. The minimum atomic E-state index is -0.801. The molecular weight excluding hydrogens is 551 g/mol. The number of rotatable bonds is 10. The first-order valence-electron chi connectivity index (χ1n) is 12.7. The van der Waals surface area contributed by atoms with E-state index in [0.717, 1.165) is 28.0 Å². The van der Waals surface area contributed by atoms with Gasteiger partial charge >= 0.3 is 6.03 Å². The number of ether oxygens (including phenoxy) is 2. The maximum Gasteiger partial charge on any atom is 0.335 e. The van der Waals surface area contributed by atoms with Crippen molar-refractivity contribution in [2.75, 3.05) is 11.5 Å². The van der Waals surface area contributed by atoms with Crippen LogP contribution in [-0.4, -0.2) is 24.5 Å². The summed E-state index contributed by atoms with van der Waals surface area (Å²) in [6.45, 7) is 8.25. The number of hydrogen-bond donors (Lipinski definition) is 1. The number of allylic oxidation sites excluding steroid dienone is 1. The smallest absolute Gasteiger partial charge is 0.335 e. The van der Waals surface area contributed by atoms with Gasteiger partial charge in [-0.15, -0.1) is 6.58 Å². The largest absolute Gasteiger partial charge is 0.490 e. The Hall–Kier alpha value is -4.07. The second-order valence-corrected chi connectivity index (χ2v) is 9.76. The van der Waals surface area contributed by atoms with Gasteiger partial charge in [0.1, 0.15) is 12.2 Å². The van der Waals surface area contributed by atoms with Crippen molar-refractivity contribution in [3.63, 3.8) is 0 Å². The van der Waals surface area contributed by atoms with Crippen LogP contribution in [-0.2, 0) is 29.0 Å². The molecule has 1 heterocycles. The molecule has 1 fully saturated rings. The zero-order chi connectivity index (χ0) is 28.8. The van der Waals surface area contributed by atoms with Crippen LogP contribution in [0.4, 0.5) is 10.5 Å². The SMILES string of the molecule is C=CCc1cc(/C=C2/C(=O)NC(=O)N(c3ccc(CC)cc3)C2=O)cc(OCC)c1OCc1ccc(Cl)c(Cl)c1. The van der Waals surface area contributed by atoms with Gasteiger partial charge in [0.05, 0.1) is 22.3 Å². The van der Waals surface area contributed by atoms with Gasteiger partial charge in [0.25, 0.3) is 11.8 Å². The van der Waals surface area contributed by atoms with Crippen LogP contribution in [0.1, 0.15) is 36.1 Å². The molecule has 3 aromatic carbocycles. The number of aryl methyl sites for hydroxylation is 1. The number of nitrogens with one attached hydrogen (secondary N) is 1. The lowest BCUT2D eigenvalue weighted by atomic mass is 10.0. The van der Waals surface area contributed by atoms with E-state index in [9.17, 15) is 14.4 Å². The first-order chi connectivity index (χ1) is 19.2. The summed E-state index contributed by atoms with van der Waals surface area (Å²) in [6.07, 6.45) is 4.40. The van der Waals surface area contributed by atoms with Crippen molar-refractivity contribution in [2.45, 2.75) is 33.3 Å². The van der Waals surface area contributed by atoms with Crippen LogP contribution in [0.2, 0.25) is 10.0 Å². The second kappa shape index (κ2) is 12.9. The summed E-state index contributed by atoms with van der Waals surface area (Å²) in [5.74, 6) is -0.566. The lowest BCUT2D eigenvalue weighted by Crippen LogP contribution is -2.54. The van der Waals surface area contributed by atoms with E-state index in [1.54, 1.807) is 42.5 Å². The molecule has 0 saturated carbocycles. The van der Waals surface area contributed by atoms with Gasteiger partial charge < -0.3 is 9.47 Å². The van der Waals surface area contributed by atoms with E-state index in [2.05, 4.69) is 11.9 Å². The zero-order valence-electron chi connectivity index (χ0n) is 22.1. The van der Waals surface area contributed by atoms with Crippen LogP contribution in [0, 0.1) is 0 Å². The molecule has 206 valence electrons. The highest BCUT2D eigenvalue weighted by molar-refractivity contribution is 6.42. The number of barbiturate groups is 1. The number of amides is 4. The molecule has 0 unspecified atom stereocenters. The molecule has 0 radical (unpaired) electrons. The van der Waals surface area contributed by atoms with E-state index in [4.69, 9.17) is 32.7 Å². The first-order valence-corrected chi connectivity index (χ1v) is 13.5. The Kier molecular flexibility index (Phi) is 9.30. The van der Waals surface area contributed by atoms with Gasteiger partial charge in [0.15, 0.2) is 11.5 Å². The highest BCUT2D eigenvalue weighted by Crippen LogP contribution is 2.36. The summed E-state index contributed by atoms with van der Waals surface area (Å²) >= 11 is 12.2. The summed E-state index contributed by atoms with van der Waals surface area (Å²) in [5.41, 5.74) is 3.31. The summed E-state index contributed by atoms with van der Waals surface area (Å²) < 4.78 is 12.0. The Balaban J connectivity index is 1.70. The topological polar surface area (TPSA) is 84.9 Å². The fourth-order valence-electron chi connectivity index (χ4n) is 4.22. The highest BCUT2D eigenvalue weighted by Gasteiger charge is 2.36. The normalized spacial score (nSPS) is 14.3. The molecule has 0 aromatic heterocycles. The summed E-state index contributed by atoms with van der Waals surface area (Å²) in [7, 11) is 0. The van der Waals surface area contributed by atoms with Gasteiger partial charge in [-0.05, 0) is 78.9 Å². The van der Waals surface area contributed by atoms with E-state index in [1.807, 2.05) is 32.0 Å². The van der Waals surface area contributed by atoms with Crippen molar-refractivity contribution in [3.05, 3.63) is 105 Å². The van der Waals surface area contributed by atoms with Crippen LogP contribution >= 0.6 is 23.2 Å². The molecule has 7 nitrogen and oxygen atoms in total. The van der Waals surface area contributed by atoms with Gasteiger partial charge in [-0.25, -0.2) is 9.69 Å². The molecule has 9 heteroatoms. The van der Waals surface area contributed by atoms with Crippen molar-refractivity contribution in [2.24, 2.45) is 0 Å². The Morgan fingerprint density at radius 1 is 0.925 bits per heavy atom. The fourth-order valence-corrected chi connectivity index (χ4v) is 4.55. The fraction of sp³-hybridized carbons (Fsp3) is 0.194. The Labute approximate surface area is 243 Å². The van der Waals surface area contributed by atoms with Crippen molar-refractivity contribution >= 4 is 52.8 Å². The first kappa shape index (κ1) is 28.9. The molecule has 0 atom stereocenters. The standard InChI is InChI=1S/C31H28Cl2N2O5/c1-4-7-22-14-21(17-27(39-6-3)28(22)40-18-20-10-13-25(32)26(33)16-20)15-24-29(36)34-31(38)35(30(24)37)23-11-8-19(5-2)9-12-23/h4,8-17H,1,5-7,18H2,2-3H3,(H,34,36,38)/b24-15-. The number of imide groups is 2. The van der Waals surface area contributed by atoms with Gasteiger partial charge in [-0.3, -0.25) is 14.9 Å². The molecule has 4 rings (SSSR count). The van der Waals surface area contributed by atoms with Crippen molar-refractivity contribution in [3.8, 4) is 11.5 Å². The number of halogens is 2. The quantitative estimate of drug-likeness (QED) is 0.160. The highest BCUT2D eigenvalue weighted by atomic mass is 35.5. The number of anilines is 1. The third-order valence-corrected chi connectivity index (χ3v) is 6.94. The van der Waals surface area contributed by atoms with Gasteiger partial charge in [0, 0.05) is 5.56 Å². The molecule has 1 saturated heterocycles. The van der Waals surface area contributed by atoms with E-state index in [0.29, 0.717) is 45.8 Å². The maximum atomic E-state index is 13.4. The zero-order valence-corrected chi connectivity index (χ0v) is 23.6. The average Bonchev–Trinajstić information content (AvgIpc) is 2.93. The monoisotopic (exact) mass is 578 g/mol. The van der Waals surface area contributed by atoms with Crippen molar-refractivity contribution in [1.82, 2.24) is 5.32 Å². The lowest BCUT2D eigenvalue weighted by molar-refractivity contribution is -0.122. The van der Waals surface area contributed by atoms with Crippen LogP contribution in [0.25, 0.3) is 6.08 Å². The van der Waals surface area contributed by atoms with E-state index >= 15 is 0 Å². The van der Waals surface area contributed by atoms with E-state index in [-0.39, 0.29) is 12.2 Å². The number of carbonyl (C=O) groups excluding carboxylic acids is 3. The summed E-state index contributed by atoms with van der Waals surface area (Å²) in [5, 5.41) is 3.13. The average molecular weight is 579 g/mol. The minimum Gasteiger partial charge on any atom is -0.490 e. The summed E-state index contributed by atoms with van der Waals surface area (Å²) in [4.78, 5) is 39.7. The molecule has 0 spiro atoms. The molecule has 0 bridgehead atoms. The van der Waals surface area contributed by atoms with Crippen molar-refractivity contribution < 1.29 is 23.9 Å². The maximum absolute atomic E-state index is 13.4. The molecule has 3 aromatic rings. The van der Waals surface area contributed by atoms with Gasteiger partial charge in [-0.1, -0.05) is 54.4 Å².